The van der Waals surface area contributed by atoms with Gasteiger partial charge in [-0.15, -0.1) is 0 Å². The average Bonchev–Trinajstić information content (AvgIpc) is 2.84. The number of amides is 1. The van der Waals surface area contributed by atoms with Gasteiger partial charge >= 0.3 is 5.97 Å². The summed E-state index contributed by atoms with van der Waals surface area (Å²) in [4.78, 5) is 41.8. The first-order chi connectivity index (χ1) is 17.6. The maximum absolute atomic E-state index is 13.3. The third-order valence-electron chi connectivity index (χ3n) is 5.11. The Morgan fingerprint density at radius 3 is 2.51 bits per heavy atom. The summed E-state index contributed by atoms with van der Waals surface area (Å²) >= 11 is 0. The van der Waals surface area contributed by atoms with Crippen molar-refractivity contribution in [3.8, 4) is 17.0 Å². The number of anilines is 2. The number of hydrogen-bond donors (Lipinski definition) is 5. The first-order valence-corrected chi connectivity index (χ1v) is 11.4. The number of ether oxygens (including phenoxy) is 1. The largest absolute Gasteiger partial charge is 0.427 e. The smallest absolute Gasteiger partial charge is 0.308 e. The predicted molar refractivity (Wildman–Crippen MR) is 139 cm³/mol. The molecule has 0 radical (unpaired) electrons. The van der Waals surface area contributed by atoms with Gasteiger partial charge in [0.15, 0.2) is 11.7 Å². The van der Waals surface area contributed by atoms with Gasteiger partial charge in [0.25, 0.3) is 5.56 Å². The summed E-state index contributed by atoms with van der Waals surface area (Å²) in [6, 6.07) is 11.3. The highest BCUT2D eigenvalue weighted by Gasteiger charge is 2.17. The van der Waals surface area contributed by atoms with Crippen molar-refractivity contribution in [3.05, 3.63) is 70.1 Å². The monoisotopic (exact) mass is 507 g/mol. The molecule has 0 aliphatic rings. The van der Waals surface area contributed by atoms with Crippen LogP contribution in [0.1, 0.15) is 31.9 Å². The molecule has 0 aliphatic heterocycles. The van der Waals surface area contributed by atoms with Gasteiger partial charge in [-0.05, 0) is 31.5 Å². The Kier molecular flexibility index (Phi) is 8.46. The van der Waals surface area contributed by atoms with E-state index in [2.05, 4.69) is 20.8 Å². The summed E-state index contributed by atoms with van der Waals surface area (Å²) in [6.45, 7) is 4.88. The molecule has 12 heteroatoms. The molecule has 12 nitrogen and oxygen atoms in total. The maximum Gasteiger partial charge on any atom is 0.308 e. The van der Waals surface area contributed by atoms with E-state index in [1.807, 2.05) is 13.8 Å². The molecule has 3 aromatic rings. The summed E-state index contributed by atoms with van der Waals surface area (Å²) in [5.41, 5.74) is 13.4. The van der Waals surface area contributed by atoms with Crippen LogP contribution in [0.2, 0.25) is 0 Å². The van der Waals surface area contributed by atoms with Crippen molar-refractivity contribution in [2.24, 2.45) is 10.9 Å². The molecule has 1 heterocycles. The van der Waals surface area contributed by atoms with Crippen LogP contribution in [0, 0.1) is 0 Å². The number of oxime groups is 1. The molecule has 0 saturated heterocycles. The zero-order chi connectivity index (χ0) is 27.1. The second kappa shape index (κ2) is 11.7. The van der Waals surface area contributed by atoms with Gasteiger partial charge in [-0.25, -0.2) is 4.98 Å². The van der Waals surface area contributed by atoms with Crippen LogP contribution in [0.25, 0.3) is 11.3 Å². The van der Waals surface area contributed by atoms with Gasteiger partial charge in [0.2, 0.25) is 5.91 Å². The van der Waals surface area contributed by atoms with Crippen molar-refractivity contribution < 1.29 is 19.5 Å². The molecule has 1 amide bonds. The van der Waals surface area contributed by atoms with E-state index in [0.717, 1.165) is 5.56 Å². The molecule has 0 atom stereocenters. The number of rotatable bonds is 9. The summed E-state index contributed by atoms with van der Waals surface area (Å²) in [5.74, 6) is -0.679. The lowest BCUT2D eigenvalue weighted by Crippen LogP contribution is -2.35. The number of carbonyl (C=O) groups excluding carboxylic acids is 2. The topological polar surface area (TPSA) is 187 Å². The fourth-order valence-corrected chi connectivity index (χ4v) is 3.49. The quantitative estimate of drug-likeness (QED) is 0.0546. The van der Waals surface area contributed by atoms with Crippen LogP contribution in [-0.2, 0) is 22.7 Å². The fourth-order valence-electron chi connectivity index (χ4n) is 3.49. The number of nitrogens with one attached hydrogen (secondary N) is 2. The Morgan fingerprint density at radius 1 is 1.19 bits per heavy atom. The molecule has 1 aromatic heterocycles. The minimum atomic E-state index is -0.526. The molecule has 0 spiro atoms. The SMILES string of the molecule is CC(=O)Oc1cc(N)cc(-c2cnc(NC(C)C)c(=O)n2CC(=O)NCc2ccc(/C(N)=N/O)cc2)c1. The maximum atomic E-state index is 13.3. The third kappa shape index (κ3) is 7.07. The summed E-state index contributed by atoms with van der Waals surface area (Å²) in [5, 5.41) is 17.5. The van der Waals surface area contributed by atoms with Crippen molar-refractivity contribution in [3.63, 3.8) is 0 Å². The van der Waals surface area contributed by atoms with Crippen LogP contribution in [0.3, 0.4) is 0 Å². The molecule has 194 valence electrons. The van der Waals surface area contributed by atoms with Crippen molar-refractivity contribution in [2.45, 2.75) is 39.9 Å². The van der Waals surface area contributed by atoms with E-state index in [4.69, 9.17) is 21.4 Å². The number of aromatic nitrogens is 2. The normalized spacial score (nSPS) is 11.3. The number of esters is 1. The summed E-state index contributed by atoms with van der Waals surface area (Å²) in [7, 11) is 0. The van der Waals surface area contributed by atoms with E-state index in [9.17, 15) is 14.4 Å². The first kappa shape index (κ1) is 26.7. The van der Waals surface area contributed by atoms with Gasteiger partial charge in [0, 0.05) is 42.4 Å². The first-order valence-electron chi connectivity index (χ1n) is 11.4. The minimum Gasteiger partial charge on any atom is -0.427 e. The number of nitrogens with two attached hydrogens (primary N) is 2. The lowest BCUT2D eigenvalue weighted by molar-refractivity contribution is -0.131. The minimum absolute atomic E-state index is 0.0237. The van der Waals surface area contributed by atoms with E-state index in [-0.39, 0.29) is 36.5 Å². The molecule has 2 aromatic carbocycles. The summed E-state index contributed by atoms with van der Waals surface area (Å²) < 4.78 is 6.43. The molecule has 7 N–H and O–H groups in total. The average molecular weight is 508 g/mol. The number of amidine groups is 1. The van der Waals surface area contributed by atoms with Crippen molar-refractivity contribution in [2.75, 3.05) is 11.1 Å². The van der Waals surface area contributed by atoms with Crippen LogP contribution in [-0.4, -0.2) is 38.5 Å². The second-order valence-corrected chi connectivity index (χ2v) is 8.53. The standard InChI is InChI=1S/C25H29N7O5/c1-14(2)30-24-25(35)32(13-22(34)28-11-16-4-6-17(7-5-16)23(27)31-36)21(12-29-24)18-8-19(26)10-20(9-18)37-15(3)33/h4-10,12,14,36H,11,13,26H2,1-3H3,(H2,27,31)(H,28,34)(H,29,30). The van der Waals surface area contributed by atoms with Gasteiger partial charge in [0.05, 0.1) is 11.9 Å². The highest BCUT2D eigenvalue weighted by molar-refractivity contribution is 5.97. The molecule has 0 unspecified atom stereocenters. The van der Waals surface area contributed by atoms with Gasteiger partial charge in [-0.3, -0.25) is 19.0 Å². The Balaban J connectivity index is 1.90. The van der Waals surface area contributed by atoms with Crippen molar-refractivity contribution in [1.29, 1.82) is 0 Å². The van der Waals surface area contributed by atoms with Crippen molar-refractivity contribution >= 4 is 29.2 Å². The number of benzene rings is 2. The zero-order valence-electron chi connectivity index (χ0n) is 20.7. The number of nitrogen functional groups attached to an aromatic ring is 1. The Hall–Kier alpha value is -4.87. The van der Waals surface area contributed by atoms with Gasteiger partial charge in [-0.1, -0.05) is 29.4 Å². The highest BCUT2D eigenvalue weighted by Crippen LogP contribution is 2.27. The summed E-state index contributed by atoms with van der Waals surface area (Å²) in [6.07, 6.45) is 1.46. The molecule has 37 heavy (non-hydrogen) atoms. The third-order valence-corrected chi connectivity index (χ3v) is 5.11. The van der Waals surface area contributed by atoms with E-state index < -0.39 is 17.4 Å². The fraction of sp³-hybridized carbons (Fsp3) is 0.240. The molecule has 0 saturated carbocycles. The van der Waals surface area contributed by atoms with Crippen LogP contribution in [0.15, 0.2) is 58.6 Å². The molecule has 0 aliphatic carbocycles. The Morgan fingerprint density at radius 2 is 1.89 bits per heavy atom. The molecule has 0 bridgehead atoms. The van der Waals surface area contributed by atoms with Crippen LogP contribution < -0.4 is 32.4 Å². The van der Waals surface area contributed by atoms with Crippen LogP contribution >= 0.6 is 0 Å². The zero-order valence-corrected chi connectivity index (χ0v) is 20.7. The lowest BCUT2D eigenvalue weighted by atomic mass is 10.1. The molecule has 3 rings (SSSR count). The Labute approximate surface area is 213 Å². The molecular formula is C25H29N7O5. The van der Waals surface area contributed by atoms with Crippen LogP contribution in [0.5, 0.6) is 5.75 Å². The van der Waals surface area contributed by atoms with Gasteiger partial charge in [0.1, 0.15) is 12.3 Å². The van der Waals surface area contributed by atoms with Gasteiger partial charge in [-0.2, -0.15) is 0 Å². The molecule has 0 fully saturated rings. The van der Waals surface area contributed by atoms with E-state index in [0.29, 0.717) is 22.5 Å². The highest BCUT2D eigenvalue weighted by atomic mass is 16.5. The van der Waals surface area contributed by atoms with Gasteiger partial charge < -0.3 is 32.0 Å². The lowest BCUT2D eigenvalue weighted by Gasteiger charge is -2.17. The molecular weight excluding hydrogens is 478 g/mol. The van der Waals surface area contributed by atoms with E-state index in [1.165, 1.54) is 23.8 Å². The van der Waals surface area contributed by atoms with Crippen molar-refractivity contribution in [1.82, 2.24) is 14.9 Å². The predicted octanol–water partition coefficient (Wildman–Crippen LogP) is 1.65. The number of nitrogens with zero attached hydrogens (tertiary/aromatic N) is 3. The Bertz CT molecular complexity index is 1380. The van der Waals surface area contributed by atoms with E-state index in [1.54, 1.807) is 36.4 Å². The van der Waals surface area contributed by atoms with E-state index >= 15 is 0 Å². The number of hydrogen-bond acceptors (Lipinski definition) is 9. The number of carbonyl (C=O) groups is 2. The van der Waals surface area contributed by atoms with Crippen LogP contribution in [0.4, 0.5) is 11.5 Å². The second-order valence-electron chi connectivity index (χ2n) is 8.53.